The normalized spacial score (nSPS) is 15.7. The smallest absolute Gasteiger partial charge is 0.283 e. The van der Waals surface area contributed by atoms with E-state index in [0.29, 0.717) is 23.7 Å². The van der Waals surface area contributed by atoms with Crippen LogP contribution in [0.4, 0.5) is 5.82 Å². The molecule has 1 fully saturated rings. The van der Waals surface area contributed by atoms with E-state index >= 15 is 0 Å². The second kappa shape index (κ2) is 9.63. The summed E-state index contributed by atoms with van der Waals surface area (Å²) in [7, 11) is 1.56. The summed E-state index contributed by atoms with van der Waals surface area (Å²) in [6.45, 7) is 1.54. The SMILES string of the molecule is COc1ccccc1C(=O)n1nc(C2CCCN2)cc1NCc1ccc(Cl)s1.Cl. The Hall–Kier alpha value is -2.06. The summed E-state index contributed by atoms with van der Waals surface area (Å²) in [5, 5.41) is 11.4. The van der Waals surface area contributed by atoms with E-state index in [-0.39, 0.29) is 24.4 Å². The predicted octanol–water partition coefficient (Wildman–Crippen LogP) is 4.75. The third-order valence-corrected chi connectivity index (χ3v) is 5.98. The highest BCUT2D eigenvalue weighted by Gasteiger charge is 2.24. The first kappa shape index (κ1) is 21.6. The van der Waals surface area contributed by atoms with Gasteiger partial charge in [0.2, 0.25) is 0 Å². The first-order chi connectivity index (χ1) is 13.7. The summed E-state index contributed by atoms with van der Waals surface area (Å²) in [5.74, 6) is 0.956. The van der Waals surface area contributed by atoms with Crippen LogP contribution in [-0.2, 0) is 6.54 Å². The van der Waals surface area contributed by atoms with Crippen LogP contribution in [0.2, 0.25) is 4.34 Å². The largest absolute Gasteiger partial charge is 0.496 e. The van der Waals surface area contributed by atoms with E-state index in [0.717, 1.165) is 34.3 Å². The van der Waals surface area contributed by atoms with E-state index in [1.54, 1.807) is 19.2 Å². The van der Waals surface area contributed by atoms with Gasteiger partial charge in [-0.3, -0.25) is 4.79 Å². The van der Waals surface area contributed by atoms with Crippen LogP contribution in [0, 0.1) is 0 Å². The maximum absolute atomic E-state index is 13.2. The van der Waals surface area contributed by atoms with Crippen molar-refractivity contribution in [3.63, 3.8) is 0 Å². The minimum absolute atomic E-state index is 0. The highest BCUT2D eigenvalue weighted by atomic mass is 35.5. The van der Waals surface area contributed by atoms with Gasteiger partial charge in [-0.2, -0.15) is 9.78 Å². The van der Waals surface area contributed by atoms with Crippen molar-refractivity contribution in [2.45, 2.75) is 25.4 Å². The average Bonchev–Trinajstić information content (AvgIpc) is 3.46. The van der Waals surface area contributed by atoms with Gasteiger partial charge in [0.05, 0.1) is 35.3 Å². The second-order valence-electron chi connectivity index (χ2n) is 6.58. The Kier molecular flexibility index (Phi) is 7.18. The average molecular weight is 453 g/mol. The van der Waals surface area contributed by atoms with Gasteiger partial charge >= 0.3 is 0 Å². The van der Waals surface area contributed by atoms with Gasteiger partial charge in [0.15, 0.2) is 0 Å². The summed E-state index contributed by atoms with van der Waals surface area (Å²) in [4.78, 5) is 14.3. The number of anilines is 1. The number of hydrogen-bond donors (Lipinski definition) is 2. The molecule has 154 valence electrons. The molecule has 9 heteroatoms. The molecule has 29 heavy (non-hydrogen) atoms. The van der Waals surface area contributed by atoms with Crippen LogP contribution in [0.1, 0.15) is 39.8 Å². The molecule has 1 aliphatic rings. The van der Waals surface area contributed by atoms with Crippen molar-refractivity contribution in [1.82, 2.24) is 15.1 Å². The summed E-state index contributed by atoms with van der Waals surface area (Å²) >= 11 is 7.54. The lowest BCUT2D eigenvalue weighted by Crippen LogP contribution is -2.19. The van der Waals surface area contributed by atoms with Gasteiger partial charge in [-0.25, -0.2) is 0 Å². The van der Waals surface area contributed by atoms with Gasteiger partial charge in [-0.1, -0.05) is 23.7 Å². The van der Waals surface area contributed by atoms with Crippen LogP contribution in [0.3, 0.4) is 0 Å². The number of thiophene rings is 1. The van der Waals surface area contributed by atoms with Gasteiger partial charge < -0.3 is 15.4 Å². The van der Waals surface area contributed by atoms with Gasteiger partial charge in [0.25, 0.3) is 5.91 Å². The van der Waals surface area contributed by atoms with Gasteiger partial charge in [0.1, 0.15) is 11.6 Å². The molecule has 1 aromatic carbocycles. The molecule has 3 aromatic rings. The van der Waals surface area contributed by atoms with Crippen molar-refractivity contribution in [2.75, 3.05) is 19.0 Å². The fourth-order valence-electron chi connectivity index (χ4n) is 3.35. The van der Waals surface area contributed by atoms with Gasteiger partial charge in [0, 0.05) is 10.9 Å². The maximum atomic E-state index is 13.2. The minimum atomic E-state index is -0.228. The fourth-order valence-corrected chi connectivity index (χ4v) is 4.37. The van der Waals surface area contributed by atoms with Crippen molar-refractivity contribution in [2.24, 2.45) is 0 Å². The van der Waals surface area contributed by atoms with Crippen molar-refractivity contribution >= 4 is 47.1 Å². The van der Waals surface area contributed by atoms with Crippen LogP contribution in [-0.4, -0.2) is 29.3 Å². The van der Waals surface area contributed by atoms with Crippen molar-refractivity contribution in [3.05, 3.63) is 62.9 Å². The summed E-state index contributed by atoms with van der Waals surface area (Å²) in [6, 6.07) is 13.1. The third kappa shape index (κ3) is 4.75. The van der Waals surface area contributed by atoms with Gasteiger partial charge in [-0.05, 0) is 43.7 Å². The lowest BCUT2D eigenvalue weighted by atomic mass is 10.1. The van der Waals surface area contributed by atoms with Gasteiger partial charge in [-0.15, -0.1) is 23.7 Å². The first-order valence-electron chi connectivity index (χ1n) is 9.15. The lowest BCUT2D eigenvalue weighted by molar-refractivity contribution is 0.0944. The number of benzene rings is 1. The molecule has 6 nitrogen and oxygen atoms in total. The number of nitrogens with zero attached hydrogens (tertiary/aromatic N) is 2. The van der Waals surface area contributed by atoms with E-state index in [4.69, 9.17) is 16.3 Å². The fraction of sp³-hybridized carbons (Fsp3) is 0.300. The first-order valence-corrected chi connectivity index (χ1v) is 10.3. The molecular weight excluding hydrogens is 431 g/mol. The predicted molar refractivity (Wildman–Crippen MR) is 119 cm³/mol. The molecule has 3 heterocycles. The summed E-state index contributed by atoms with van der Waals surface area (Å²) in [6.07, 6.45) is 2.12. The Balaban J connectivity index is 0.00000240. The topological polar surface area (TPSA) is 68.2 Å². The van der Waals surface area contributed by atoms with E-state index in [9.17, 15) is 4.79 Å². The van der Waals surface area contributed by atoms with E-state index in [1.165, 1.54) is 16.0 Å². The number of rotatable bonds is 6. The lowest BCUT2D eigenvalue weighted by Gasteiger charge is -2.10. The Labute approximate surface area is 184 Å². The molecule has 1 saturated heterocycles. The number of ether oxygens (including phenoxy) is 1. The van der Waals surface area contributed by atoms with Crippen LogP contribution in [0.25, 0.3) is 0 Å². The molecular formula is C20H22Cl2N4O2S. The molecule has 1 unspecified atom stereocenters. The van der Waals surface area contributed by atoms with E-state index in [2.05, 4.69) is 15.7 Å². The molecule has 0 saturated carbocycles. The molecule has 0 spiro atoms. The Morgan fingerprint density at radius 2 is 2.21 bits per heavy atom. The number of aromatic nitrogens is 2. The molecule has 2 aromatic heterocycles. The monoisotopic (exact) mass is 452 g/mol. The van der Waals surface area contributed by atoms with Crippen molar-refractivity contribution in [1.29, 1.82) is 0 Å². The third-order valence-electron chi connectivity index (χ3n) is 4.75. The van der Waals surface area contributed by atoms with Crippen LogP contribution in [0.15, 0.2) is 42.5 Å². The number of carbonyl (C=O) groups is 1. The Morgan fingerprint density at radius 1 is 1.38 bits per heavy atom. The van der Waals surface area contributed by atoms with Crippen LogP contribution in [0.5, 0.6) is 5.75 Å². The number of hydrogen-bond acceptors (Lipinski definition) is 6. The zero-order valence-corrected chi connectivity index (χ0v) is 18.2. The molecule has 1 atom stereocenters. The number of halogens is 2. The highest BCUT2D eigenvalue weighted by molar-refractivity contribution is 7.16. The number of para-hydroxylation sites is 1. The van der Waals surface area contributed by atoms with Crippen molar-refractivity contribution in [3.8, 4) is 5.75 Å². The summed E-state index contributed by atoms with van der Waals surface area (Å²) in [5.41, 5.74) is 1.34. The molecule has 4 rings (SSSR count). The standard InChI is InChI=1S/C20H21ClN4O2S.ClH/c1-27-17-7-3-2-5-14(17)20(26)25-19(23-12-13-8-9-18(21)28-13)11-16(24-25)15-6-4-10-22-15;/h2-3,5,7-9,11,15,22-23H,4,6,10,12H2,1H3;1H. The maximum Gasteiger partial charge on any atom is 0.283 e. The quantitative estimate of drug-likeness (QED) is 0.564. The minimum Gasteiger partial charge on any atom is -0.496 e. The molecule has 0 bridgehead atoms. The van der Waals surface area contributed by atoms with E-state index in [1.807, 2.05) is 30.3 Å². The molecule has 2 N–H and O–H groups in total. The Morgan fingerprint density at radius 3 is 2.90 bits per heavy atom. The number of methoxy groups -OCH3 is 1. The second-order valence-corrected chi connectivity index (χ2v) is 8.38. The summed E-state index contributed by atoms with van der Waals surface area (Å²) < 4.78 is 7.53. The molecule has 1 aliphatic heterocycles. The molecule has 0 aliphatic carbocycles. The molecule has 0 radical (unpaired) electrons. The Bertz CT molecular complexity index is 983. The van der Waals surface area contributed by atoms with E-state index < -0.39 is 0 Å². The van der Waals surface area contributed by atoms with Crippen LogP contribution < -0.4 is 15.4 Å². The number of carbonyl (C=O) groups excluding carboxylic acids is 1. The zero-order chi connectivity index (χ0) is 19.5. The molecule has 0 amide bonds. The van der Waals surface area contributed by atoms with Crippen molar-refractivity contribution < 1.29 is 9.53 Å². The van der Waals surface area contributed by atoms with Crippen LogP contribution >= 0.6 is 35.3 Å². The zero-order valence-electron chi connectivity index (χ0n) is 15.9. The highest BCUT2D eigenvalue weighted by Crippen LogP contribution is 2.28. The number of nitrogens with one attached hydrogen (secondary N) is 2.